The highest BCUT2D eigenvalue weighted by atomic mass is 32.2. The van der Waals surface area contributed by atoms with Crippen LogP contribution < -0.4 is 14.5 Å². The molecule has 0 saturated carbocycles. The minimum absolute atomic E-state index is 0.0390. The predicted molar refractivity (Wildman–Crippen MR) is 156 cm³/mol. The van der Waals surface area contributed by atoms with E-state index in [0.717, 1.165) is 60.5 Å². The number of anilines is 3. The highest BCUT2D eigenvalue weighted by molar-refractivity contribution is 7.89. The summed E-state index contributed by atoms with van der Waals surface area (Å²) in [5.41, 5.74) is 3.82. The highest BCUT2D eigenvalue weighted by Crippen LogP contribution is 2.43. The number of piperidine rings is 1. The van der Waals surface area contributed by atoms with Gasteiger partial charge in [-0.2, -0.15) is 5.26 Å². The molecule has 42 heavy (non-hydrogen) atoms. The molecular weight excluding hydrogens is 556 g/mol. The minimum Gasteiger partial charge on any atom is -0.487 e. The fourth-order valence-corrected chi connectivity index (χ4v) is 5.80. The molecule has 11 nitrogen and oxygen atoms in total. The van der Waals surface area contributed by atoms with Gasteiger partial charge in [0.15, 0.2) is 0 Å². The number of fused-ring (bicyclic) bond motifs is 1. The topological polar surface area (TPSA) is 138 Å². The third-order valence-electron chi connectivity index (χ3n) is 7.56. The number of hydrogen-bond donors (Lipinski definition) is 1. The molecule has 0 unspecified atom stereocenters. The molecule has 3 aromatic rings. The molecule has 1 aromatic carbocycles. The fourth-order valence-electron chi connectivity index (χ4n) is 5.36. The number of nitriles is 1. The van der Waals surface area contributed by atoms with Gasteiger partial charge in [-0.25, -0.2) is 23.1 Å². The maximum absolute atomic E-state index is 12.9. The Kier molecular flexibility index (Phi) is 7.53. The maximum Gasteiger partial charge on any atom is 0.283 e. The van der Waals surface area contributed by atoms with E-state index >= 15 is 0 Å². The van der Waals surface area contributed by atoms with Gasteiger partial charge in [0.25, 0.3) is 5.91 Å². The van der Waals surface area contributed by atoms with Crippen LogP contribution in [0.15, 0.2) is 66.7 Å². The number of rotatable bonds is 7. The molecule has 216 valence electrons. The van der Waals surface area contributed by atoms with E-state index < -0.39 is 15.9 Å². The van der Waals surface area contributed by atoms with Crippen LogP contribution in [0.5, 0.6) is 0 Å². The van der Waals surface area contributed by atoms with Crippen molar-refractivity contribution in [2.45, 2.75) is 18.9 Å². The quantitative estimate of drug-likeness (QED) is 0.439. The number of carbonyl (C=O) groups is 1. The molecule has 1 amide bonds. The molecule has 0 atom stereocenters. The Morgan fingerprint density at radius 3 is 2.48 bits per heavy atom. The third-order valence-corrected chi connectivity index (χ3v) is 8.11. The summed E-state index contributed by atoms with van der Waals surface area (Å²) in [6, 6.07) is 17.7. The monoisotopic (exact) mass is 586 g/mol. The number of hydrogen-bond acceptors (Lipinski definition) is 10. The molecule has 2 aromatic heterocycles. The molecule has 1 N–H and O–H groups in total. The Balaban J connectivity index is 1.44. The van der Waals surface area contributed by atoms with E-state index in [9.17, 15) is 18.5 Å². The van der Waals surface area contributed by atoms with Crippen molar-refractivity contribution in [1.82, 2.24) is 14.7 Å². The van der Waals surface area contributed by atoms with Crippen LogP contribution in [0.2, 0.25) is 0 Å². The van der Waals surface area contributed by atoms with Crippen LogP contribution >= 0.6 is 0 Å². The van der Waals surface area contributed by atoms with Crippen molar-refractivity contribution >= 4 is 38.7 Å². The normalized spacial score (nSPS) is 17.7. The molecule has 2 saturated heterocycles. The summed E-state index contributed by atoms with van der Waals surface area (Å²) in [7, 11) is -3.79. The van der Waals surface area contributed by atoms with E-state index in [2.05, 4.69) is 20.9 Å². The van der Waals surface area contributed by atoms with E-state index in [4.69, 9.17) is 14.5 Å². The second-order valence-corrected chi connectivity index (χ2v) is 12.3. The van der Waals surface area contributed by atoms with Crippen molar-refractivity contribution in [3.05, 3.63) is 83.5 Å². The van der Waals surface area contributed by atoms with Gasteiger partial charge < -0.3 is 19.3 Å². The van der Waals surface area contributed by atoms with Gasteiger partial charge in [-0.15, -0.1) is 0 Å². The van der Waals surface area contributed by atoms with Crippen LogP contribution in [0.1, 0.15) is 34.5 Å². The average molecular weight is 587 g/mol. The Labute approximate surface area is 244 Å². The molecule has 0 aliphatic carbocycles. The lowest BCUT2D eigenvalue weighted by molar-refractivity contribution is -0.107. The first-order chi connectivity index (χ1) is 20.3. The highest BCUT2D eigenvalue weighted by Gasteiger charge is 2.32. The van der Waals surface area contributed by atoms with Crippen LogP contribution in [-0.4, -0.2) is 69.5 Å². The fraction of sp³-hybridized carbons (Fsp3) is 0.333. The minimum atomic E-state index is -3.79. The summed E-state index contributed by atoms with van der Waals surface area (Å²) in [6.45, 7) is 2.89. The number of benzene rings is 1. The molecule has 3 aliphatic heterocycles. The van der Waals surface area contributed by atoms with Gasteiger partial charge in [0.1, 0.15) is 23.4 Å². The van der Waals surface area contributed by atoms with E-state index in [-0.39, 0.29) is 17.7 Å². The van der Waals surface area contributed by atoms with Crippen molar-refractivity contribution < 1.29 is 22.7 Å². The summed E-state index contributed by atoms with van der Waals surface area (Å²) in [6.07, 6.45) is 5.80. The molecule has 0 spiro atoms. The maximum atomic E-state index is 12.9. The van der Waals surface area contributed by atoms with Crippen molar-refractivity contribution in [2.75, 3.05) is 48.9 Å². The van der Waals surface area contributed by atoms with Gasteiger partial charge in [-0.3, -0.25) is 4.79 Å². The summed E-state index contributed by atoms with van der Waals surface area (Å²) < 4.78 is 37.5. The largest absolute Gasteiger partial charge is 0.487 e. The zero-order valence-electron chi connectivity index (χ0n) is 23.1. The number of nitrogens with one attached hydrogen (secondary N) is 1. The Morgan fingerprint density at radius 2 is 1.86 bits per heavy atom. The first-order valence-corrected chi connectivity index (χ1v) is 15.6. The van der Waals surface area contributed by atoms with Crippen molar-refractivity contribution in [2.24, 2.45) is 5.92 Å². The van der Waals surface area contributed by atoms with Crippen molar-refractivity contribution in [3.8, 4) is 6.07 Å². The van der Waals surface area contributed by atoms with Crippen LogP contribution in [0.3, 0.4) is 0 Å². The lowest BCUT2D eigenvalue weighted by Gasteiger charge is -2.37. The summed E-state index contributed by atoms with van der Waals surface area (Å²) >= 11 is 0. The van der Waals surface area contributed by atoms with Crippen LogP contribution in [0, 0.1) is 17.2 Å². The number of carbonyl (C=O) groups excluding carboxylic acids is 1. The Hall–Kier alpha value is -4.47. The number of para-hydroxylation sites is 1. The summed E-state index contributed by atoms with van der Waals surface area (Å²) in [5, 5.41) is 9.25. The standard InChI is InChI=1S/C30H30N6O5S/c1-42(38,39)34-30(37)25-13-24-26(16-32-25)36(22-5-3-2-4-6-22)17-27(41-23-18-40-19-23)29(24)21-7-8-28(33-15-21)35-11-9-20(14-31)10-12-35/h2-8,13,15-16,20,23H,9-12,17-19H2,1H3,(H,34,37). The second-order valence-electron chi connectivity index (χ2n) is 10.6. The number of nitrogens with zero attached hydrogens (tertiary/aromatic N) is 5. The molecule has 6 rings (SSSR count). The summed E-state index contributed by atoms with van der Waals surface area (Å²) in [5.74, 6) is 0.774. The van der Waals surface area contributed by atoms with Crippen LogP contribution in [-0.2, 0) is 19.5 Å². The zero-order valence-corrected chi connectivity index (χ0v) is 23.9. The third kappa shape index (κ3) is 5.79. The first kappa shape index (κ1) is 27.7. The molecular formula is C30H30N6O5S. The number of sulfonamides is 1. The van der Waals surface area contributed by atoms with E-state index in [0.29, 0.717) is 31.1 Å². The Bertz CT molecular complexity index is 1660. The van der Waals surface area contributed by atoms with Crippen molar-refractivity contribution in [1.29, 1.82) is 5.26 Å². The van der Waals surface area contributed by atoms with Gasteiger partial charge in [0, 0.05) is 47.6 Å². The lowest BCUT2D eigenvalue weighted by Crippen LogP contribution is -2.38. The molecule has 2 fully saturated rings. The number of ether oxygens (including phenoxy) is 2. The zero-order chi connectivity index (χ0) is 29.3. The lowest BCUT2D eigenvalue weighted by atomic mass is 9.92. The summed E-state index contributed by atoms with van der Waals surface area (Å²) in [4.78, 5) is 26.2. The van der Waals surface area contributed by atoms with Gasteiger partial charge >= 0.3 is 0 Å². The van der Waals surface area contributed by atoms with Gasteiger partial charge in [-0.1, -0.05) is 18.2 Å². The number of amides is 1. The number of pyridine rings is 2. The van der Waals surface area contributed by atoms with Crippen LogP contribution in [0.25, 0.3) is 5.57 Å². The molecule has 0 radical (unpaired) electrons. The molecule has 0 bridgehead atoms. The Morgan fingerprint density at radius 1 is 1.10 bits per heavy atom. The number of aromatic nitrogens is 2. The second kappa shape index (κ2) is 11.4. The van der Waals surface area contributed by atoms with Gasteiger partial charge in [0.05, 0.1) is 44.0 Å². The first-order valence-electron chi connectivity index (χ1n) is 13.7. The van der Waals surface area contributed by atoms with Gasteiger partial charge in [0.2, 0.25) is 10.0 Å². The predicted octanol–water partition coefficient (Wildman–Crippen LogP) is 3.23. The molecule has 5 heterocycles. The average Bonchev–Trinajstić information content (AvgIpc) is 2.98. The van der Waals surface area contributed by atoms with Crippen molar-refractivity contribution in [3.63, 3.8) is 0 Å². The van der Waals surface area contributed by atoms with E-state index in [1.54, 1.807) is 18.5 Å². The van der Waals surface area contributed by atoms with Crippen LogP contribution in [0.4, 0.5) is 17.2 Å². The molecule has 12 heteroatoms. The SMILES string of the molecule is CS(=O)(=O)NC(=O)c1cc2c(cn1)N(c1ccccc1)CC(OC1COC1)=C2c1ccc(N2CCC(C#N)CC2)nc1. The van der Waals surface area contributed by atoms with E-state index in [1.165, 1.54) is 0 Å². The smallest absolute Gasteiger partial charge is 0.283 e. The van der Waals surface area contributed by atoms with E-state index in [1.807, 2.05) is 47.2 Å². The van der Waals surface area contributed by atoms with Gasteiger partial charge in [-0.05, 0) is 43.2 Å². The molecule has 3 aliphatic rings.